The van der Waals surface area contributed by atoms with Crippen LogP contribution in [0.15, 0.2) is 60.8 Å². The predicted octanol–water partition coefficient (Wildman–Crippen LogP) is 2.98. The Morgan fingerprint density at radius 1 is 1.00 bits per heavy atom. The molecule has 0 aliphatic heterocycles. The van der Waals surface area contributed by atoms with Crippen LogP contribution in [0, 0.1) is 0 Å². The zero-order chi connectivity index (χ0) is 13.9. The molecule has 2 aromatic carbocycles. The van der Waals surface area contributed by atoms with Crippen LogP contribution >= 0.6 is 0 Å². The molecule has 2 N–H and O–H groups in total. The lowest BCUT2D eigenvalue weighted by Gasteiger charge is -2.08. The summed E-state index contributed by atoms with van der Waals surface area (Å²) >= 11 is 0. The van der Waals surface area contributed by atoms with Gasteiger partial charge in [0.15, 0.2) is 0 Å². The van der Waals surface area contributed by atoms with E-state index in [9.17, 15) is 4.79 Å². The summed E-state index contributed by atoms with van der Waals surface area (Å²) < 4.78 is 2.20. The van der Waals surface area contributed by atoms with Crippen molar-refractivity contribution in [2.24, 2.45) is 5.73 Å². The van der Waals surface area contributed by atoms with Crippen LogP contribution in [-0.2, 0) is 13.0 Å². The first-order valence-electron chi connectivity index (χ1n) is 6.67. The van der Waals surface area contributed by atoms with Crippen LogP contribution in [0.5, 0.6) is 0 Å². The number of aryl methyl sites for hydroxylation is 2. The molecule has 3 aromatic rings. The number of hydrogen-bond donors (Lipinski definition) is 1. The molecule has 1 amide bonds. The van der Waals surface area contributed by atoms with E-state index in [1.54, 1.807) is 6.07 Å². The van der Waals surface area contributed by atoms with E-state index in [2.05, 4.69) is 29.0 Å². The molecular weight excluding hydrogens is 248 g/mol. The molecule has 0 saturated carbocycles. The van der Waals surface area contributed by atoms with Gasteiger partial charge in [-0.2, -0.15) is 0 Å². The highest BCUT2D eigenvalue weighted by molar-refractivity contribution is 5.94. The Bertz CT molecular complexity index is 758. The predicted molar refractivity (Wildman–Crippen MR) is 80.6 cm³/mol. The summed E-state index contributed by atoms with van der Waals surface area (Å²) in [6.07, 6.45) is 2.87. The monoisotopic (exact) mass is 264 g/mol. The Morgan fingerprint density at radius 2 is 1.75 bits per heavy atom. The first kappa shape index (κ1) is 12.5. The fourth-order valence-electron chi connectivity index (χ4n) is 2.56. The number of nitrogens with two attached hydrogens (primary N) is 1. The number of para-hydroxylation sites is 1. The zero-order valence-corrected chi connectivity index (χ0v) is 11.1. The fourth-order valence-corrected chi connectivity index (χ4v) is 2.56. The standard InChI is InChI=1S/C17H16N2O/c18-17(20)15-7-3-1-5-13(15)9-11-19-12-10-14-6-2-4-8-16(14)19/h1-8,10,12H,9,11H2,(H2,18,20). The van der Waals surface area contributed by atoms with Crippen molar-refractivity contribution in [1.29, 1.82) is 0 Å². The molecule has 3 nitrogen and oxygen atoms in total. The van der Waals surface area contributed by atoms with Crippen LogP contribution in [0.1, 0.15) is 15.9 Å². The molecule has 0 unspecified atom stereocenters. The van der Waals surface area contributed by atoms with Crippen LogP contribution in [-0.4, -0.2) is 10.5 Å². The Balaban J connectivity index is 1.85. The third kappa shape index (κ3) is 2.30. The smallest absolute Gasteiger partial charge is 0.248 e. The summed E-state index contributed by atoms with van der Waals surface area (Å²) in [6.45, 7) is 0.831. The van der Waals surface area contributed by atoms with Gasteiger partial charge in [-0.05, 0) is 35.6 Å². The van der Waals surface area contributed by atoms with Crippen molar-refractivity contribution >= 4 is 16.8 Å². The summed E-state index contributed by atoms with van der Waals surface area (Å²) in [5.74, 6) is -0.363. The van der Waals surface area contributed by atoms with Crippen LogP contribution in [0.2, 0.25) is 0 Å². The van der Waals surface area contributed by atoms with Gasteiger partial charge < -0.3 is 10.3 Å². The van der Waals surface area contributed by atoms with Crippen LogP contribution < -0.4 is 5.73 Å². The second-order valence-corrected chi connectivity index (χ2v) is 4.84. The van der Waals surface area contributed by atoms with Gasteiger partial charge in [0.2, 0.25) is 5.91 Å². The van der Waals surface area contributed by atoms with Crippen LogP contribution in [0.4, 0.5) is 0 Å². The van der Waals surface area contributed by atoms with E-state index in [1.165, 1.54) is 10.9 Å². The Kier molecular flexibility index (Phi) is 3.25. The lowest BCUT2D eigenvalue weighted by molar-refractivity contribution is 0.0999. The van der Waals surface area contributed by atoms with E-state index in [-0.39, 0.29) is 5.91 Å². The summed E-state index contributed by atoms with van der Waals surface area (Å²) in [5.41, 5.74) is 8.23. The minimum absolute atomic E-state index is 0.363. The fraction of sp³-hybridized carbons (Fsp3) is 0.118. The molecule has 1 heterocycles. The number of primary amides is 1. The molecular formula is C17H16N2O. The second kappa shape index (κ2) is 5.21. The Morgan fingerprint density at radius 3 is 2.60 bits per heavy atom. The van der Waals surface area contributed by atoms with Crippen molar-refractivity contribution < 1.29 is 4.79 Å². The highest BCUT2D eigenvalue weighted by Crippen LogP contribution is 2.16. The van der Waals surface area contributed by atoms with Gasteiger partial charge in [0.1, 0.15) is 0 Å². The molecule has 0 saturated heterocycles. The SMILES string of the molecule is NC(=O)c1ccccc1CCn1ccc2ccccc21. The molecule has 3 heteroatoms. The van der Waals surface area contributed by atoms with Gasteiger partial charge in [-0.25, -0.2) is 0 Å². The van der Waals surface area contributed by atoms with Crippen molar-refractivity contribution in [3.05, 3.63) is 71.9 Å². The van der Waals surface area contributed by atoms with E-state index in [4.69, 9.17) is 5.73 Å². The van der Waals surface area contributed by atoms with Crippen molar-refractivity contribution in [1.82, 2.24) is 4.57 Å². The van der Waals surface area contributed by atoms with Gasteiger partial charge in [-0.1, -0.05) is 36.4 Å². The van der Waals surface area contributed by atoms with E-state index in [0.717, 1.165) is 18.5 Å². The highest BCUT2D eigenvalue weighted by Gasteiger charge is 2.07. The molecule has 0 bridgehead atoms. The maximum absolute atomic E-state index is 11.4. The van der Waals surface area contributed by atoms with E-state index in [1.807, 2.05) is 30.3 Å². The van der Waals surface area contributed by atoms with Crippen LogP contribution in [0.3, 0.4) is 0 Å². The van der Waals surface area contributed by atoms with Crippen molar-refractivity contribution in [3.63, 3.8) is 0 Å². The maximum atomic E-state index is 11.4. The van der Waals surface area contributed by atoms with E-state index >= 15 is 0 Å². The third-order valence-corrected chi connectivity index (χ3v) is 3.59. The lowest BCUT2D eigenvalue weighted by Crippen LogP contribution is -2.14. The highest BCUT2D eigenvalue weighted by atomic mass is 16.1. The molecule has 100 valence electrons. The van der Waals surface area contributed by atoms with Crippen LogP contribution in [0.25, 0.3) is 10.9 Å². The number of hydrogen-bond acceptors (Lipinski definition) is 1. The normalized spacial score (nSPS) is 10.8. The van der Waals surface area contributed by atoms with Crippen molar-refractivity contribution in [2.45, 2.75) is 13.0 Å². The average molecular weight is 264 g/mol. The molecule has 0 aliphatic carbocycles. The van der Waals surface area contributed by atoms with E-state index < -0.39 is 0 Å². The number of benzene rings is 2. The molecule has 1 aromatic heterocycles. The number of fused-ring (bicyclic) bond motifs is 1. The summed E-state index contributed by atoms with van der Waals surface area (Å²) in [7, 11) is 0. The summed E-state index contributed by atoms with van der Waals surface area (Å²) in [6, 6.07) is 17.9. The number of amides is 1. The van der Waals surface area contributed by atoms with Gasteiger partial charge in [-0.3, -0.25) is 4.79 Å². The largest absolute Gasteiger partial charge is 0.366 e. The van der Waals surface area contributed by atoms with Gasteiger partial charge >= 0.3 is 0 Å². The molecule has 0 atom stereocenters. The quantitative estimate of drug-likeness (QED) is 0.773. The number of carbonyl (C=O) groups is 1. The molecule has 0 spiro atoms. The van der Waals surface area contributed by atoms with E-state index in [0.29, 0.717) is 5.56 Å². The lowest BCUT2D eigenvalue weighted by atomic mass is 10.0. The summed E-state index contributed by atoms with van der Waals surface area (Å²) in [5, 5.41) is 1.23. The number of aromatic nitrogens is 1. The van der Waals surface area contributed by atoms with Gasteiger partial charge in [0, 0.05) is 23.8 Å². The molecule has 0 aliphatic rings. The first-order chi connectivity index (χ1) is 9.75. The molecule has 0 radical (unpaired) electrons. The first-order valence-corrected chi connectivity index (χ1v) is 6.67. The topological polar surface area (TPSA) is 48.0 Å². The maximum Gasteiger partial charge on any atom is 0.248 e. The Labute approximate surface area is 117 Å². The number of rotatable bonds is 4. The van der Waals surface area contributed by atoms with Gasteiger partial charge in [0.25, 0.3) is 0 Å². The second-order valence-electron chi connectivity index (χ2n) is 4.84. The third-order valence-electron chi connectivity index (χ3n) is 3.59. The molecule has 0 fully saturated rings. The molecule has 3 rings (SSSR count). The van der Waals surface area contributed by atoms with Gasteiger partial charge in [0.05, 0.1) is 0 Å². The Hall–Kier alpha value is -2.55. The summed E-state index contributed by atoms with van der Waals surface area (Å²) in [4.78, 5) is 11.4. The minimum atomic E-state index is -0.363. The van der Waals surface area contributed by atoms with Crippen molar-refractivity contribution in [2.75, 3.05) is 0 Å². The number of nitrogens with zero attached hydrogens (tertiary/aromatic N) is 1. The zero-order valence-electron chi connectivity index (χ0n) is 11.1. The minimum Gasteiger partial charge on any atom is -0.366 e. The van der Waals surface area contributed by atoms with Crippen molar-refractivity contribution in [3.8, 4) is 0 Å². The van der Waals surface area contributed by atoms with Gasteiger partial charge in [-0.15, -0.1) is 0 Å². The number of carbonyl (C=O) groups excluding carboxylic acids is 1. The average Bonchev–Trinajstić information content (AvgIpc) is 2.88. The molecule has 20 heavy (non-hydrogen) atoms.